The van der Waals surface area contributed by atoms with Crippen LogP contribution in [0.1, 0.15) is 38.5 Å². The summed E-state index contributed by atoms with van der Waals surface area (Å²) in [6, 6.07) is 0. The van der Waals surface area contributed by atoms with Gasteiger partial charge in [0.1, 0.15) is 0 Å². The first kappa shape index (κ1) is 12.9. The van der Waals surface area contributed by atoms with Crippen molar-refractivity contribution in [1.82, 2.24) is 0 Å². The van der Waals surface area contributed by atoms with Gasteiger partial charge >= 0.3 is 0 Å². The van der Waals surface area contributed by atoms with Gasteiger partial charge < -0.3 is 15.3 Å². The van der Waals surface area contributed by atoms with Crippen molar-refractivity contribution >= 4 is 0 Å². The maximum atomic E-state index is 9.01. The standard InChI is InChI=1S/C12H24O3/c13-6-3-10-1-2-11(4-7-14)12(9-10)5-8-15/h10-15H,1-9H2. The summed E-state index contributed by atoms with van der Waals surface area (Å²) in [5, 5.41) is 26.9. The van der Waals surface area contributed by atoms with Gasteiger partial charge in [-0.3, -0.25) is 0 Å². The highest BCUT2D eigenvalue weighted by atomic mass is 16.3. The van der Waals surface area contributed by atoms with Crippen LogP contribution in [-0.2, 0) is 0 Å². The summed E-state index contributed by atoms with van der Waals surface area (Å²) in [6.07, 6.45) is 6.06. The molecule has 1 aliphatic rings. The van der Waals surface area contributed by atoms with Crippen LogP contribution in [0.5, 0.6) is 0 Å². The second kappa shape index (κ2) is 7.20. The maximum absolute atomic E-state index is 9.01. The average Bonchev–Trinajstić information content (AvgIpc) is 2.23. The van der Waals surface area contributed by atoms with Gasteiger partial charge in [-0.05, 0) is 49.9 Å². The quantitative estimate of drug-likeness (QED) is 0.624. The lowest BCUT2D eigenvalue weighted by Crippen LogP contribution is -2.27. The van der Waals surface area contributed by atoms with Gasteiger partial charge in [-0.2, -0.15) is 0 Å². The Morgan fingerprint density at radius 2 is 1.33 bits per heavy atom. The van der Waals surface area contributed by atoms with Crippen LogP contribution in [0.15, 0.2) is 0 Å². The minimum atomic E-state index is 0.248. The SMILES string of the molecule is OCCC1CCC(CCO)C(CCO)C1. The van der Waals surface area contributed by atoms with E-state index in [0.29, 0.717) is 17.8 Å². The third-order valence-corrected chi connectivity index (χ3v) is 3.79. The zero-order valence-electron chi connectivity index (χ0n) is 9.44. The van der Waals surface area contributed by atoms with E-state index < -0.39 is 0 Å². The number of hydrogen-bond acceptors (Lipinski definition) is 3. The first-order valence-corrected chi connectivity index (χ1v) is 6.14. The molecule has 0 aromatic heterocycles. The fourth-order valence-electron chi connectivity index (χ4n) is 2.93. The van der Waals surface area contributed by atoms with Crippen molar-refractivity contribution in [2.45, 2.75) is 38.5 Å². The molecule has 0 bridgehead atoms. The van der Waals surface area contributed by atoms with E-state index in [4.69, 9.17) is 15.3 Å². The Labute approximate surface area is 92.1 Å². The first-order valence-electron chi connectivity index (χ1n) is 6.14. The van der Waals surface area contributed by atoms with Crippen LogP contribution < -0.4 is 0 Å². The van der Waals surface area contributed by atoms with Gasteiger partial charge in [-0.25, -0.2) is 0 Å². The van der Waals surface area contributed by atoms with Crippen molar-refractivity contribution < 1.29 is 15.3 Å². The molecule has 0 amide bonds. The van der Waals surface area contributed by atoms with Crippen molar-refractivity contribution in [2.75, 3.05) is 19.8 Å². The van der Waals surface area contributed by atoms with Crippen LogP contribution in [0, 0.1) is 17.8 Å². The van der Waals surface area contributed by atoms with E-state index in [1.54, 1.807) is 0 Å². The molecule has 0 aromatic carbocycles. The van der Waals surface area contributed by atoms with E-state index in [2.05, 4.69) is 0 Å². The highest BCUT2D eigenvalue weighted by molar-refractivity contribution is 4.80. The van der Waals surface area contributed by atoms with E-state index in [1.807, 2.05) is 0 Å². The second-order valence-corrected chi connectivity index (χ2v) is 4.74. The Kier molecular flexibility index (Phi) is 6.22. The van der Waals surface area contributed by atoms with Crippen molar-refractivity contribution in [3.8, 4) is 0 Å². The summed E-state index contributed by atoms with van der Waals surface area (Å²) in [4.78, 5) is 0. The molecule has 3 N–H and O–H groups in total. The molecule has 3 atom stereocenters. The van der Waals surface area contributed by atoms with Gasteiger partial charge in [0, 0.05) is 19.8 Å². The van der Waals surface area contributed by atoms with Crippen LogP contribution in [0.25, 0.3) is 0 Å². The predicted octanol–water partition coefficient (Wildman–Crippen LogP) is 1.17. The Balaban J connectivity index is 2.41. The summed E-state index contributed by atoms with van der Waals surface area (Å²) < 4.78 is 0. The van der Waals surface area contributed by atoms with E-state index >= 15 is 0 Å². The third kappa shape index (κ3) is 4.09. The van der Waals surface area contributed by atoms with Crippen LogP contribution in [0.3, 0.4) is 0 Å². The Morgan fingerprint density at radius 1 is 0.733 bits per heavy atom. The van der Waals surface area contributed by atoms with Crippen molar-refractivity contribution in [3.05, 3.63) is 0 Å². The molecule has 0 aliphatic heterocycles. The zero-order chi connectivity index (χ0) is 11.1. The smallest absolute Gasteiger partial charge is 0.0433 e. The molecule has 1 aliphatic carbocycles. The summed E-state index contributed by atoms with van der Waals surface area (Å²) in [5.41, 5.74) is 0. The Morgan fingerprint density at radius 3 is 1.93 bits per heavy atom. The van der Waals surface area contributed by atoms with Crippen LogP contribution >= 0.6 is 0 Å². The first-order chi connectivity index (χ1) is 7.31. The molecule has 1 saturated carbocycles. The number of aliphatic hydroxyl groups is 3. The summed E-state index contributed by atoms with van der Waals surface area (Å²) >= 11 is 0. The molecule has 0 radical (unpaired) electrons. The molecule has 1 fully saturated rings. The third-order valence-electron chi connectivity index (χ3n) is 3.79. The molecule has 3 nitrogen and oxygen atoms in total. The van der Waals surface area contributed by atoms with Gasteiger partial charge in [0.15, 0.2) is 0 Å². The largest absolute Gasteiger partial charge is 0.396 e. The molecule has 0 heterocycles. The highest BCUT2D eigenvalue weighted by Crippen LogP contribution is 2.38. The summed E-state index contributed by atoms with van der Waals surface area (Å²) in [5.74, 6) is 1.76. The maximum Gasteiger partial charge on any atom is 0.0433 e. The van der Waals surface area contributed by atoms with Gasteiger partial charge in [0.25, 0.3) is 0 Å². The lowest BCUT2D eigenvalue weighted by atomic mass is 9.71. The lowest BCUT2D eigenvalue weighted by molar-refractivity contribution is 0.103. The molecule has 15 heavy (non-hydrogen) atoms. The van der Waals surface area contributed by atoms with Crippen LogP contribution in [0.4, 0.5) is 0 Å². The molecule has 90 valence electrons. The fourth-order valence-corrected chi connectivity index (χ4v) is 2.93. The molecule has 3 unspecified atom stereocenters. The molecular formula is C12H24O3. The minimum absolute atomic E-state index is 0.248. The highest BCUT2D eigenvalue weighted by Gasteiger charge is 2.29. The normalized spacial score (nSPS) is 31.8. The molecule has 0 aromatic rings. The Hall–Kier alpha value is -0.120. The van der Waals surface area contributed by atoms with E-state index in [1.165, 1.54) is 6.42 Å². The van der Waals surface area contributed by atoms with Crippen molar-refractivity contribution in [1.29, 1.82) is 0 Å². The fraction of sp³-hybridized carbons (Fsp3) is 1.00. The monoisotopic (exact) mass is 216 g/mol. The minimum Gasteiger partial charge on any atom is -0.396 e. The lowest BCUT2D eigenvalue weighted by Gasteiger charge is -2.35. The van der Waals surface area contributed by atoms with E-state index in [-0.39, 0.29) is 19.8 Å². The van der Waals surface area contributed by atoms with Gasteiger partial charge in [-0.15, -0.1) is 0 Å². The van der Waals surface area contributed by atoms with Gasteiger partial charge in [-0.1, -0.05) is 6.42 Å². The number of hydrogen-bond donors (Lipinski definition) is 3. The topological polar surface area (TPSA) is 60.7 Å². The van der Waals surface area contributed by atoms with E-state index in [0.717, 1.165) is 32.1 Å². The summed E-state index contributed by atoms with van der Waals surface area (Å²) in [7, 11) is 0. The molecule has 0 spiro atoms. The van der Waals surface area contributed by atoms with Crippen LogP contribution in [0.2, 0.25) is 0 Å². The van der Waals surface area contributed by atoms with Gasteiger partial charge in [0.2, 0.25) is 0 Å². The zero-order valence-corrected chi connectivity index (χ0v) is 9.44. The molecule has 0 saturated heterocycles. The Bertz CT molecular complexity index is 161. The van der Waals surface area contributed by atoms with Gasteiger partial charge in [0.05, 0.1) is 0 Å². The van der Waals surface area contributed by atoms with Crippen molar-refractivity contribution in [2.24, 2.45) is 17.8 Å². The molecular weight excluding hydrogens is 192 g/mol. The number of aliphatic hydroxyl groups excluding tert-OH is 3. The molecule has 3 heteroatoms. The molecule has 1 rings (SSSR count). The number of rotatable bonds is 6. The summed E-state index contributed by atoms with van der Waals surface area (Å²) in [6.45, 7) is 0.789. The van der Waals surface area contributed by atoms with E-state index in [9.17, 15) is 0 Å². The van der Waals surface area contributed by atoms with Crippen molar-refractivity contribution in [3.63, 3.8) is 0 Å². The predicted molar refractivity (Wildman–Crippen MR) is 59.4 cm³/mol. The van der Waals surface area contributed by atoms with Crippen LogP contribution in [-0.4, -0.2) is 35.1 Å². The second-order valence-electron chi connectivity index (χ2n) is 4.74. The average molecular weight is 216 g/mol.